The summed E-state index contributed by atoms with van der Waals surface area (Å²) in [6.45, 7) is 2.14. The predicted molar refractivity (Wildman–Crippen MR) is 117 cm³/mol. The summed E-state index contributed by atoms with van der Waals surface area (Å²) >= 11 is 0. The molecule has 134 valence electrons. The maximum absolute atomic E-state index is 5.16. The first-order valence-corrected chi connectivity index (χ1v) is 9.51. The first-order chi connectivity index (χ1) is 13.8. The number of rotatable bonds is 3. The van der Waals surface area contributed by atoms with Gasteiger partial charge in [0.15, 0.2) is 0 Å². The molecule has 4 aromatic carbocycles. The van der Waals surface area contributed by atoms with E-state index in [2.05, 4.69) is 102 Å². The highest BCUT2D eigenvalue weighted by molar-refractivity contribution is 5.95. The summed E-state index contributed by atoms with van der Waals surface area (Å²) in [7, 11) is 0. The fourth-order valence-electron chi connectivity index (χ4n) is 3.79. The van der Waals surface area contributed by atoms with Crippen LogP contribution >= 0.6 is 0 Å². The molecule has 0 unspecified atom stereocenters. The van der Waals surface area contributed by atoms with Gasteiger partial charge < -0.3 is 0 Å². The van der Waals surface area contributed by atoms with E-state index in [0.717, 1.165) is 33.7 Å². The van der Waals surface area contributed by atoms with Gasteiger partial charge in [-0.15, -0.1) is 0 Å². The number of imidazole rings is 1. The summed E-state index contributed by atoms with van der Waals surface area (Å²) < 4.78 is 2.27. The number of benzene rings is 4. The molecule has 0 aliphatic heterocycles. The second-order valence-electron chi connectivity index (χ2n) is 6.96. The smallest absolute Gasteiger partial charge is 0.146 e. The summed E-state index contributed by atoms with van der Waals surface area (Å²) in [4.78, 5) is 5.16. The summed E-state index contributed by atoms with van der Waals surface area (Å²) in [6.07, 6.45) is 0. The number of aromatic nitrogens is 2. The normalized spacial score (nSPS) is 11.0. The molecule has 0 aliphatic carbocycles. The Balaban J connectivity index is 1.88. The fraction of sp³-hybridized carbons (Fsp3) is 0.0385. The molecular formula is C26H20N2. The SMILES string of the molecule is Cc1ccccc1-c1nc2c(-c3ccccc3)cccc2n1-c1ccccc1. The van der Waals surface area contributed by atoms with Crippen LogP contribution in [0.4, 0.5) is 0 Å². The molecule has 0 amide bonds. The van der Waals surface area contributed by atoms with Crippen molar-refractivity contribution in [3.63, 3.8) is 0 Å². The second-order valence-corrected chi connectivity index (χ2v) is 6.96. The molecule has 1 aromatic heterocycles. The van der Waals surface area contributed by atoms with E-state index < -0.39 is 0 Å². The van der Waals surface area contributed by atoms with E-state index >= 15 is 0 Å². The van der Waals surface area contributed by atoms with E-state index in [1.165, 1.54) is 11.1 Å². The standard InChI is InChI=1S/C26H20N2/c1-19-11-8-9-16-22(19)26-27-25-23(20-12-4-2-5-13-20)17-10-18-24(25)28(26)21-14-6-3-7-15-21/h2-18H,1H3. The number of para-hydroxylation sites is 2. The number of nitrogens with zero attached hydrogens (tertiary/aromatic N) is 2. The first kappa shape index (κ1) is 16.5. The number of fused-ring (bicyclic) bond motifs is 1. The minimum absolute atomic E-state index is 0.975. The predicted octanol–water partition coefficient (Wildman–Crippen LogP) is 6.67. The van der Waals surface area contributed by atoms with Crippen LogP contribution in [-0.2, 0) is 0 Å². The Morgan fingerprint density at radius 1 is 0.607 bits per heavy atom. The second kappa shape index (κ2) is 6.82. The van der Waals surface area contributed by atoms with Crippen molar-refractivity contribution < 1.29 is 0 Å². The Morgan fingerprint density at radius 3 is 2.00 bits per heavy atom. The zero-order valence-corrected chi connectivity index (χ0v) is 15.7. The van der Waals surface area contributed by atoms with Crippen LogP contribution in [0.3, 0.4) is 0 Å². The number of hydrogen-bond donors (Lipinski definition) is 0. The monoisotopic (exact) mass is 360 g/mol. The fourth-order valence-corrected chi connectivity index (χ4v) is 3.79. The van der Waals surface area contributed by atoms with Crippen molar-refractivity contribution >= 4 is 11.0 Å². The van der Waals surface area contributed by atoms with Gasteiger partial charge in [-0.1, -0.05) is 84.9 Å². The molecule has 0 saturated heterocycles. The Hall–Kier alpha value is -3.65. The van der Waals surface area contributed by atoms with E-state index in [1.54, 1.807) is 0 Å². The average Bonchev–Trinajstić information content (AvgIpc) is 3.14. The van der Waals surface area contributed by atoms with Gasteiger partial charge in [-0.25, -0.2) is 4.98 Å². The lowest BCUT2D eigenvalue weighted by molar-refractivity contribution is 1.10. The third-order valence-electron chi connectivity index (χ3n) is 5.17. The molecule has 0 N–H and O–H groups in total. The molecule has 28 heavy (non-hydrogen) atoms. The van der Waals surface area contributed by atoms with Crippen LogP contribution in [0.1, 0.15) is 5.56 Å². The van der Waals surface area contributed by atoms with Crippen molar-refractivity contribution in [2.45, 2.75) is 6.92 Å². The van der Waals surface area contributed by atoms with Gasteiger partial charge in [0, 0.05) is 16.8 Å². The lowest BCUT2D eigenvalue weighted by atomic mass is 10.0. The Kier molecular flexibility index (Phi) is 4.02. The van der Waals surface area contributed by atoms with Crippen molar-refractivity contribution in [3.8, 4) is 28.2 Å². The Labute approximate surface area is 164 Å². The van der Waals surface area contributed by atoms with E-state index in [9.17, 15) is 0 Å². The molecule has 2 nitrogen and oxygen atoms in total. The third-order valence-corrected chi connectivity index (χ3v) is 5.17. The van der Waals surface area contributed by atoms with E-state index in [4.69, 9.17) is 4.98 Å². The van der Waals surface area contributed by atoms with Crippen LogP contribution in [0.25, 0.3) is 39.2 Å². The third kappa shape index (κ3) is 2.71. The van der Waals surface area contributed by atoms with Gasteiger partial charge in [0.1, 0.15) is 5.82 Å². The molecule has 0 fully saturated rings. The maximum atomic E-state index is 5.16. The highest BCUT2D eigenvalue weighted by atomic mass is 15.1. The lowest BCUT2D eigenvalue weighted by Gasteiger charge is -2.11. The van der Waals surface area contributed by atoms with Crippen LogP contribution in [0.15, 0.2) is 103 Å². The van der Waals surface area contributed by atoms with Gasteiger partial charge in [-0.2, -0.15) is 0 Å². The summed E-state index contributed by atoms with van der Waals surface area (Å²) in [5.74, 6) is 0.975. The molecule has 2 heteroatoms. The van der Waals surface area contributed by atoms with Crippen molar-refractivity contribution in [1.29, 1.82) is 0 Å². The molecule has 0 radical (unpaired) electrons. The van der Waals surface area contributed by atoms with Crippen molar-refractivity contribution in [3.05, 3.63) is 109 Å². The van der Waals surface area contributed by atoms with Gasteiger partial charge >= 0.3 is 0 Å². The van der Waals surface area contributed by atoms with Gasteiger partial charge in [-0.05, 0) is 36.2 Å². The van der Waals surface area contributed by atoms with Gasteiger partial charge in [-0.3, -0.25) is 4.57 Å². The molecule has 0 bridgehead atoms. The first-order valence-electron chi connectivity index (χ1n) is 9.51. The molecule has 5 rings (SSSR count). The summed E-state index contributed by atoms with van der Waals surface area (Å²) in [6, 6.07) is 35.8. The van der Waals surface area contributed by atoms with E-state index in [-0.39, 0.29) is 0 Å². The topological polar surface area (TPSA) is 17.8 Å². The highest BCUT2D eigenvalue weighted by Crippen LogP contribution is 2.35. The van der Waals surface area contributed by atoms with Crippen LogP contribution in [0.2, 0.25) is 0 Å². The largest absolute Gasteiger partial charge is 0.292 e. The zero-order chi connectivity index (χ0) is 18.9. The Morgan fingerprint density at radius 2 is 1.25 bits per heavy atom. The van der Waals surface area contributed by atoms with Gasteiger partial charge in [0.2, 0.25) is 0 Å². The van der Waals surface area contributed by atoms with Gasteiger partial charge in [0.25, 0.3) is 0 Å². The maximum Gasteiger partial charge on any atom is 0.146 e. The molecule has 0 saturated carbocycles. The van der Waals surface area contributed by atoms with Crippen molar-refractivity contribution in [2.75, 3.05) is 0 Å². The highest BCUT2D eigenvalue weighted by Gasteiger charge is 2.18. The van der Waals surface area contributed by atoms with Crippen LogP contribution in [-0.4, -0.2) is 9.55 Å². The quantitative estimate of drug-likeness (QED) is 0.351. The zero-order valence-electron chi connectivity index (χ0n) is 15.7. The van der Waals surface area contributed by atoms with Crippen LogP contribution in [0.5, 0.6) is 0 Å². The summed E-state index contributed by atoms with van der Waals surface area (Å²) in [5, 5.41) is 0. The lowest BCUT2D eigenvalue weighted by Crippen LogP contribution is -1.98. The van der Waals surface area contributed by atoms with E-state index in [0.29, 0.717) is 0 Å². The molecule has 0 atom stereocenters. The van der Waals surface area contributed by atoms with Crippen LogP contribution < -0.4 is 0 Å². The number of aryl methyl sites for hydroxylation is 1. The minimum atomic E-state index is 0.975. The van der Waals surface area contributed by atoms with Crippen molar-refractivity contribution in [1.82, 2.24) is 9.55 Å². The van der Waals surface area contributed by atoms with Crippen molar-refractivity contribution in [2.24, 2.45) is 0 Å². The average molecular weight is 360 g/mol. The molecule has 5 aromatic rings. The van der Waals surface area contributed by atoms with Gasteiger partial charge in [0.05, 0.1) is 11.0 Å². The molecular weight excluding hydrogens is 340 g/mol. The van der Waals surface area contributed by atoms with E-state index in [1.807, 2.05) is 12.1 Å². The summed E-state index contributed by atoms with van der Waals surface area (Å²) in [5.41, 5.74) is 7.97. The molecule has 1 heterocycles. The van der Waals surface area contributed by atoms with Crippen LogP contribution in [0, 0.1) is 6.92 Å². The molecule has 0 spiro atoms. The number of hydrogen-bond acceptors (Lipinski definition) is 1. The minimum Gasteiger partial charge on any atom is -0.292 e. The Bertz CT molecular complexity index is 1250. The molecule has 0 aliphatic rings.